The normalized spacial score (nSPS) is 10.3. The van der Waals surface area contributed by atoms with Crippen molar-refractivity contribution in [2.45, 2.75) is 0 Å². The molecule has 3 rings (SSSR count). The number of anilines is 1. The van der Waals surface area contributed by atoms with Gasteiger partial charge < -0.3 is 10.1 Å². The molecule has 6 heteroatoms. The van der Waals surface area contributed by atoms with Gasteiger partial charge in [0.1, 0.15) is 5.69 Å². The number of benzene rings is 1. The molecule has 0 saturated heterocycles. The number of fused-ring (bicyclic) bond motifs is 1. The number of hydrogen-bond donors (Lipinski definition) is 1. The van der Waals surface area contributed by atoms with Gasteiger partial charge >= 0.3 is 6.01 Å². The van der Waals surface area contributed by atoms with Gasteiger partial charge in [-0.15, -0.1) is 0 Å². The highest BCUT2D eigenvalue weighted by atomic mass is 16.5. The predicted molar refractivity (Wildman–Crippen MR) is 78.3 cm³/mol. The quantitative estimate of drug-likeness (QED) is 0.796. The number of rotatable bonds is 3. The van der Waals surface area contributed by atoms with E-state index in [1.54, 1.807) is 6.07 Å². The molecule has 0 bridgehead atoms. The van der Waals surface area contributed by atoms with E-state index in [1.807, 2.05) is 30.3 Å². The van der Waals surface area contributed by atoms with Crippen LogP contribution in [0.15, 0.2) is 48.8 Å². The second-order valence-electron chi connectivity index (χ2n) is 4.30. The van der Waals surface area contributed by atoms with Gasteiger partial charge in [-0.1, -0.05) is 24.3 Å². The number of methoxy groups -OCH3 is 1. The van der Waals surface area contributed by atoms with Crippen molar-refractivity contribution in [2.24, 2.45) is 0 Å². The first kappa shape index (κ1) is 13.0. The van der Waals surface area contributed by atoms with Crippen LogP contribution in [0.3, 0.4) is 0 Å². The van der Waals surface area contributed by atoms with Gasteiger partial charge in [0.05, 0.1) is 30.7 Å². The van der Waals surface area contributed by atoms with E-state index in [1.165, 1.54) is 19.5 Å². The van der Waals surface area contributed by atoms with Crippen LogP contribution in [0.25, 0.3) is 10.9 Å². The Morgan fingerprint density at radius 2 is 1.86 bits per heavy atom. The van der Waals surface area contributed by atoms with Gasteiger partial charge in [-0.2, -0.15) is 0 Å². The summed E-state index contributed by atoms with van der Waals surface area (Å²) in [7, 11) is 1.48. The number of carbonyl (C=O) groups excluding carboxylic acids is 1. The van der Waals surface area contributed by atoms with Crippen LogP contribution in [0.1, 0.15) is 10.5 Å². The van der Waals surface area contributed by atoms with Gasteiger partial charge in [-0.25, -0.2) is 15.0 Å². The van der Waals surface area contributed by atoms with E-state index < -0.39 is 0 Å². The molecule has 1 aromatic carbocycles. The van der Waals surface area contributed by atoms with Crippen molar-refractivity contribution in [3.05, 3.63) is 54.5 Å². The summed E-state index contributed by atoms with van der Waals surface area (Å²) in [6.45, 7) is 0. The number of ether oxygens (including phenoxy) is 1. The van der Waals surface area contributed by atoms with Crippen LogP contribution in [-0.2, 0) is 0 Å². The molecule has 2 heterocycles. The molecule has 0 atom stereocenters. The number of aromatic nitrogens is 3. The van der Waals surface area contributed by atoms with Crippen LogP contribution in [0, 0.1) is 0 Å². The summed E-state index contributed by atoms with van der Waals surface area (Å²) in [6.07, 6.45) is 2.95. The van der Waals surface area contributed by atoms with E-state index in [2.05, 4.69) is 20.3 Å². The van der Waals surface area contributed by atoms with Crippen molar-refractivity contribution in [3.8, 4) is 6.01 Å². The third-order valence-electron chi connectivity index (χ3n) is 2.90. The summed E-state index contributed by atoms with van der Waals surface area (Å²) in [5.74, 6) is -0.311. The van der Waals surface area contributed by atoms with Crippen molar-refractivity contribution in [2.75, 3.05) is 12.4 Å². The number of pyridine rings is 1. The minimum atomic E-state index is -0.311. The molecule has 104 valence electrons. The lowest BCUT2D eigenvalue weighted by Crippen LogP contribution is -2.14. The number of para-hydroxylation sites is 1. The van der Waals surface area contributed by atoms with Crippen molar-refractivity contribution in [1.29, 1.82) is 0 Å². The van der Waals surface area contributed by atoms with Crippen LogP contribution in [0.2, 0.25) is 0 Å². The fourth-order valence-corrected chi connectivity index (χ4v) is 1.87. The van der Waals surface area contributed by atoms with E-state index in [0.717, 1.165) is 10.9 Å². The van der Waals surface area contributed by atoms with E-state index in [0.29, 0.717) is 11.4 Å². The van der Waals surface area contributed by atoms with Gasteiger partial charge in [-0.3, -0.25) is 4.79 Å². The van der Waals surface area contributed by atoms with Gasteiger partial charge in [0, 0.05) is 5.39 Å². The Labute approximate surface area is 120 Å². The summed E-state index contributed by atoms with van der Waals surface area (Å²) in [5, 5.41) is 3.68. The summed E-state index contributed by atoms with van der Waals surface area (Å²) in [4.78, 5) is 24.3. The Morgan fingerprint density at radius 1 is 1.10 bits per heavy atom. The zero-order chi connectivity index (χ0) is 14.7. The molecule has 0 radical (unpaired) electrons. The highest BCUT2D eigenvalue weighted by molar-refractivity contribution is 6.03. The number of nitrogens with one attached hydrogen (secondary N) is 1. The Balaban J connectivity index is 1.82. The molecule has 2 aromatic heterocycles. The Kier molecular flexibility index (Phi) is 3.42. The number of amides is 1. The average molecular weight is 280 g/mol. The monoisotopic (exact) mass is 280 g/mol. The Morgan fingerprint density at radius 3 is 2.62 bits per heavy atom. The van der Waals surface area contributed by atoms with Crippen LogP contribution < -0.4 is 10.1 Å². The number of hydrogen-bond acceptors (Lipinski definition) is 5. The maximum atomic E-state index is 12.2. The molecule has 21 heavy (non-hydrogen) atoms. The van der Waals surface area contributed by atoms with Crippen molar-refractivity contribution in [1.82, 2.24) is 15.0 Å². The zero-order valence-electron chi connectivity index (χ0n) is 11.3. The lowest BCUT2D eigenvalue weighted by molar-refractivity contribution is 0.102. The van der Waals surface area contributed by atoms with Crippen LogP contribution in [-0.4, -0.2) is 28.0 Å². The second kappa shape index (κ2) is 5.54. The Hall–Kier alpha value is -3.02. The molecule has 0 aliphatic carbocycles. The molecule has 0 fully saturated rings. The molecule has 1 N–H and O–H groups in total. The first-order valence-electron chi connectivity index (χ1n) is 6.29. The van der Waals surface area contributed by atoms with Crippen molar-refractivity contribution < 1.29 is 9.53 Å². The largest absolute Gasteiger partial charge is 0.467 e. The SMILES string of the molecule is COc1ncc(NC(=O)c2ccc3ccccc3n2)cn1. The molecule has 0 spiro atoms. The summed E-state index contributed by atoms with van der Waals surface area (Å²) in [6, 6.07) is 11.4. The molecule has 0 saturated carbocycles. The van der Waals surface area contributed by atoms with E-state index in [-0.39, 0.29) is 11.9 Å². The van der Waals surface area contributed by atoms with Crippen LogP contribution in [0.5, 0.6) is 6.01 Å². The summed E-state index contributed by atoms with van der Waals surface area (Å²) in [5.41, 5.74) is 1.59. The van der Waals surface area contributed by atoms with Crippen LogP contribution in [0.4, 0.5) is 5.69 Å². The smallest absolute Gasteiger partial charge is 0.316 e. The van der Waals surface area contributed by atoms with Crippen molar-refractivity contribution >= 4 is 22.5 Å². The summed E-state index contributed by atoms with van der Waals surface area (Å²) < 4.78 is 4.86. The lowest BCUT2D eigenvalue weighted by Gasteiger charge is -2.05. The minimum absolute atomic E-state index is 0.247. The molecule has 0 aliphatic heterocycles. The van der Waals surface area contributed by atoms with Gasteiger partial charge in [0.25, 0.3) is 5.91 Å². The average Bonchev–Trinajstić information content (AvgIpc) is 2.55. The fourth-order valence-electron chi connectivity index (χ4n) is 1.87. The topological polar surface area (TPSA) is 77.0 Å². The van der Waals surface area contributed by atoms with Gasteiger partial charge in [-0.05, 0) is 12.1 Å². The van der Waals surface area contributed by atoms with Gasteiger partial charge in [0.2, 0.25) is 0 Å². The highest BCUT2D eigenvalue weighted by Crippen LogP contribution is 2.13. The number of carbonyl (C=O) groups is 1. The molecule has 3 aromatic rings. The minimum Gasteiger partial charge on any atom is -0.467 e. The van der Waals surface area contributed by atoms with Gasteiger partial charge in [0.15, 0.2) is 0 Å². The molecule has 0 aliphatic rings. The molecule has 6 nitrogen and oxygen atoms in total. The zero-order valence-corrected chi connectivity index (χ0v) is 11.3. The van der Waals surface area contributed by atoms with E-state index in [9.17, 15) is 4.79 Å². The third kappa shape index (κ3) is 2.79. The van der Waals surface area contributed by atoms with E-state index >= 15 is 0 Å². The maximum Gasteiger partial charge on any atom is 0.316 e. The molecule has 0 unspecified atom stereocenters. The lowest BCUT2D eigenvalue weighted by atomic mass is 10.2. The maximum absolute atomic E-state index is 12.2. The first-order chi connectivity index (χ1) is 10.3. The van der Waals surface area contributed by atoms with Crippen LogP contribution >= 0.6 is 0 Å². The second-order valence-corrected chi connectivity index (χ2v) is 4.30. The standard InChI is InChI=1S/C15H12N4O2/c1-21-15-16-8-11(9-17-15)18-14(20)13-7-6-10-4-2-3-5-12(10)19-13/h2-9H,1H3,(H,18,20). The fraction of sp³-hybridized carbons (Fsp3) is 0.0667. The molecular weight excluding hydrogens is 268 g/mol. The molecule has 1 amide bonds. The molecular formula is C15H12N4O2. The first-order valence-corrected chi connectivity index (χ1v) is 6.29. The predicted octanol–water partition coefficient (Wildman–Crippen LogP) is 2.29. The highest BCUT2D eigenvalue weighted by Gasteiger charge is 2.09. The number of nitrogens with zero attached hydrogens (tertiary/aromatic N) is 3. The third-order valence-corrected chi connectivity index (χ3v) is 2.90. The van der Waals surface area contributed by atoms with Crippen molar-refractivity contribution in [3.63, 3.8) is 0 Å². The van der Waals surface area contributed by atoms with E-state index in [4.69, 9.17) is 4.74 Å². The Bertz CT molecular complexity index is 787. The summed E-state index contributed by atoms with van der Waals surface area (Å²) >= 11 is 0.